The van der Waals surface area contributed by atoms with E-state index in [1.807, 2.05) is 37.3 Å². The van der Waals surface area contributed by atoms with E-state index >= 15 is 0 Å². The zero-order chi connectivity index (χ0) is 14.8. The van der Waals surface area contributed by atoms with Crippen molar-refractivity contribution in [3.63, 3.8) is 0 Å². The van der Waals surface area contributed by atoms with E-state index in [-0.39, 0.29) is 24.1 Å². The monoisotopic (exact) mass is 287 g/mol. The largest absolute Gasteiger partial charge is 0.349 e. The molecule has 1 aromatic carbocycles. The molecule has 110 valence electrons. The van der Waals surface area contributed by atoms with Crippen LogP contribution in [0.1, 0.15) is 31.4 Å². The second-order valence-electron chi connectivity index (χ2n) is 5.19. The number of hydrogen-bond acceptors (Lipinski definition) is 4. The van der Waals surface area contributed by atoms with Gasteiger partial charge >= 0.3 is 0 Å². The molecule has 1 aromatic rings. The Labute approximate surface area is 122 Å². The molecule has 2 aliphatic heterocycles. The van der Waals surface area contributed by atoms with Crippen LogP contribution >= 0.6 is 0 Å². The lowest BCUT2D eigenvalue weighted by molar-refractivity contribution is -0.128. The second-order valence-corrected chi connectivity index (χ2v) is 5.19. The number of nitrogens with zero attached hydrogens (tertiary/aromatic N) is 2. The molecule has 2 aliphatic rings. The molecule has 2 amide bonds. The maximum Gasteiger partial charge on any atom is 0.272 e. The summed E-state index contributed by atoms with van der Waals surface area (Å²) in [6, 6.07) is 9.83. The molecule has 2 unspecified atom stereocenters. The van der Waals surface area contributed by atoms with Gasteiger partial charge in [0.25, 0.3) is 5.91 Å². The minimum absolute atomic E-state index is 0.121. The minimum Gasteiger partial charge on any atom is -0.349 e. The van der Waals surface area contributed by atoms with Crippen molar-refractivity contribution in [1.82, 2.24) is 10.3 Å². The third kappa shape index (κ3) is 2.80. The van der Waals surface area contributed by atoms with Gasteiger partial charge in [0, 0.05) is 12.8 Å². The maximum atomic E-state index is 12.5. The Morgan fingerprint density at radius 1 is 1.33 bits per heavy atom. The van der Waals surface area contributed by atoms with Crippen LogP contribution in [0.3, 0.4) is 0 Å². The number of hydrazone groups is 1. The first-order valence-corrected chi connectivity index (χ1v) is 7.02. The topological polar surface area (TPSA) is 71.0 Å². The number of carbonyl (C=O) groups excluding carboxylic acids is 2. The van der Waals surface area contributed by atoms with E-state index in [1.165, 1.54) is 0 Å². The number of rotatable bonds is 2. The smallest absolute Gasteiger partial charge is 0.272 e. The molecule has 1 saturated heterocycles. The van der Waals surface area contributed by atoms with E-state index < -0.39 is 0 Å². The first-order valence-electron chi connectivity index (χ1n) is 7.02. The second kappa shape index (κ2) is 5.65. The van der Waals surface area contributed by atoms with Gasteiger partial charge in [-0.3, -0.25) is 9.59 Å². The van der Waals surface area contributed by atoms with E-state index in [1.54, 1.807) is 4.90 Å². The van der Waals surface area contributed by atoms with Crippen LogP contribution in [0.4, 0.5) is 0 Å². The third-order valence-corrected chi connectivity index (χ3v) is 3.75. The molecule has 0 aliphatic carbocycles. The normalized spacial score (nSPS) is 25.5. The molecule has 2 atom stereocenters. The number of hydrogen-bond donors (Lipinski definition) is 1. The van der Waals surface area contributed by atoms with Gasteiger partial charge in [0.1, 0.15) is 18.0 Å². The molecule has 21 heavy (non-hydrogen) atoms. The number of benzene rings is 1. The first kappa shape index (κ1) is 13.8. The fourth-order valence-electron chi connectivity index (χ4n) is 2.58. The van der Waals surface area contributed by atoms with Gasteiger partial charge in [-0.15, -0.1) is 0 Å². The molecule has 6 heteroatoms. The van der Waals surface area contributed by atoms with Crippen molar-refractivity contribution in [2.24, 2.45) is 5.10 Å². The molecule has 3 rings (SSSR count). The third-order valence-electron chi connectivity index (χ3n) is 3.75. The van der Waals surface area contributed by atoms with Crippen molar-refractivity contribution in [3.05, 3.63) is 35.9 Å². The lowest BCUT2D eigenvalue weighted by Crippen LogP contribution is -2.42. The zero-order valence-corrected chi connectivity index (χ0v) is 11.8. The maximum absolute atomic E-state index is 12.5. The zero-order valence-electron chi connectivity index (χ0n) is 11.8. The molecule has 6 nitrogen and oxygen atoms in total. The van der Waals surface area contributed by atoms with Crippen LogP contribution in [0.15, 0.2) is 35.4 Å². The van der Waals surface area contributed by atoms with Crippen molar-refractivity contribution >= 4 is 17.5 Å². The molecule has 0 radical (unpaired) electrons. The Bertz CT molecular complexity index is 585. The van der Waals surface area contributed by atoms with Gasteiger partial charge in [0.15, 0.2) is 0 Å². The summed E-state index contributed by atoms with van der Waals surface area (Å²) in [6.45, 7) is 2.35. The van der Waals surface area contributed by atoms with Crippen molar-refractivity contribution < 1.29 is 14.3 Å². The Kier molecular flexibility index (Phi) is 3.70. The van der Waals surface area contributed by atoms with Gasteiger partial charge in [-0.2, -0.15) is 5.10 Å². The van der Waals surface area contributed by atoms with E-state index in [0.29, 0.717) is 25.1 Å². The Morgan fingerprint density at radius 2 is 2.10 bits per heavy atom. The van der Waals surface area contributed by atoms with E-state index in [9.17, 15) is 9.59 Å². The van der Waals surface area contributed by atoms with Gasteiger partial charge in [-0.05, 0) is 12.5 Å². The van der Waals surface area contributed by atoms with E-state index in [0.717, 1.165) is 5.56 Å². The summed E-state index contributed by atoms with van der Waals surface area (Å²) in [7, 11) is 0. The van der Waals surface area contributed by atoms with Crippen LogP contribution in [0.25, 0.3) is 0 Å². The summed E-state index contributed by atoms with van der Waals surface area (Å²) in [5, 5.41) is 3.86. The van der Waals surface area contributed by atoms with Gasteiger partial charge < -0.3 is 9.64 Å². The highest BCUT2D eigenvalue weighted by Gasteiger charge is 2.36. The van der Waals surface area contributed by atoms with E-state index in [4.69, 9.17) is 4.74 Å². The number of nitrogens with one attached hydrogen (secondary N) is 1. The van der Waals surface area contributed by atoms with E-state index in [2.05, 4.69) is 10.5 Å². The van der Waals surface area contributed by atoms with Crippen molar-refractivity contribution in [1.29, 1.82) is 0 Å². The summed E-state index contributed by atoms with van der Waals surface area (Å²) in [4.78, 5) is 25.2. The number of amides is 2. The first-order chi connectivity index (χ1) is 10.1. The highest BCUT2D eigenvalue weighted by molar-refractivity contribution is 6.39. The molecule has 0 saturated carbocycles. The lowest BCUT2D eigenvalue weighted by Gasteiger charge is -2.21. The highest BCUT2D eigenvalue weighted by atomic mass is 16.5. The molecule has 0 spiro atoms. The number of ether oxygens (including phenoxy) is 1. The Morgan fingerprint density at radius 3 is 2.76 bits per heavy atom. The van der Waals surface area contributed by atoms with Crippen LogP contribution < -0.4 is 5.43 Å². The molecule has 0 aromatic heterocycles. The summed E-state index contributed by atoms with van der Waals surface area (Å²) in [6.07, 6.45) is 0.256. The molecular weight excluding hydrogens is 270 g/mol. The summed E-state index contributed by atoms with van der Waals surface area (Å²) >= 11 is 0. The fraction of sp³-hybridized carbons (Fsp3) is 0.400. The predicted molar refractivity (Wildman–Crippen MR) is 76.3 cm³/mol. The standard InChI is InChI=1S/C15H17N3O3/c1-10-18(15(20)12-7-8-14(19)17-16-12)9-13(21-10)11-5-3-2-4-6-11/h2-6,10,13H,7-9H2,1H3,(H,17,19). The molecule has 2 heterocycles. The van der Waals surface area contributed by atoms with Crippen LogP contribution in [0, 0.1) is 0 Å². The SMILES string of the molecule is CC1OC(c2ccccc2)CN1C(=O)C1=NNC(=O)CC1. The van der Waals surface area contributed by atoms with Crippen LogP contribution in [-0.2, 0) is 14.3 Å². The minimum atomic E-state index is -0.303. The van der Waals surface area contributed by atoms with Crippen molar-refractivity contribution in [2.75, 3.05) is 6.54 Å². The summed E-state index contributed by atoms with van der Waals surface area (Å²) < 4.78 is 5.86. The molecular formula is C15H17N3O3. The van der Waals surface area contributed by atoms with Crippen LogP contribution in [-0.4, -0.2) is 35.2 Å². The van der Waals surface area contributed by atoms with Crippen LogP contribution in [0.5, 0.6) is 0 Å². The fourth-order valence-corrected chi connectivity index (χ4v) is 2.58. The summed E-state index contributed by atoms with van der Waals surface area (Å²) in [5.41, 5.74) is 3.80. The number of carbonyl (C=O) groups is 2. The average Bonchev–Trinajstić information content (AvgIpc) is 2.90. The van der Waals surface area contributed by atoms with Gasteiger partial charge in [-0.1, -0.05) is 30.3 Å². The predicted octanol–water partition coefficient (Wildman–Crippen LogP) is 1.20. The molecule has 1 fully saturated rings. The highest BCUT2D eigenvalue weighted by Crippen LogP contribution is 2.29. The average molecular weight is 287 g/mol. The Hall–Kier alpha value is -2.21. The quantitative estimate of drug-likeness (QED) is 0.888. The summed E-state index contributed by atoms with van der Waals surface area (Å²) in [5.74, 6) is -0.319. The lowest BCUT2D eigenvalue weighted by atomic mass is 10.1. The van der Waals surface area contributed by atoms with Crippen molar-refractivity contribution in [3.8, 4) is 0 Å². The van der Waals surface area contributed by atoms with Crippen molar-refractivity contribution in [2.45, 2.75) is 32.1 Å². The molecule has 1 N–H and O–H groups in total. The Balaban J connectivity index is 1.72. The molecule has 0 bridgehead atoms. The van der Waals surface area contributed by atoms with Gasteiger partial charge in [0.2, 0.25) is 5.91 Å². The van der Waals surface area contributed by atoms with Gasteiger partial charge in [0.05, 0.1) is 6.54 Å². The van der Waals surface area contributed by atoms with Gasteiger partial charge in [-0.25, -0.2) is 5.43 Å². The van der Waals surface area contributed by atoms with Crippen LogP contribution in [0.2, 0.25) is 0 Å².